The summed E-state index contributed by atoms with van der Waals surface area (Å²) in [4.78, 5) is 1.98. The van der Waals surface area contributed by atoms with Gasteiger partial charge >= 0.3 is 0 Å². The van der Waals surface area contributed by atoms with E-state index in [4.69, 9.17) is 0 Å². The molecule has 5 nitrogen and oxygen atoms in total. The number of aromatic nitrogens is 4. The van der Waals surface area contributed by atoms with E-state index in [1.807, 2.05) is 30.1 Å². The fourth-order valence-electron chi connectivity index (χ4n) is 2.54. The van der Waals surface area contributed by atoms with Crippen molar-refractivity contribution in [3.05, 3.63) is 53.1 Å². The van der Waals surface area contributed by atoms with Crippen LogP contribution >= 0.6 is 0 Å². The molecule has 0 unspecified atom stereocenters. The van der Waals surface area contributed by atoms with E-state index < -0.39 is 0 Å². The second-order valence-electron chi connectivity index (χ2n) is 7.17. The number of halogens is 1. The summed E-state index contributed by atoms with van der Waals surface area (Å²) in [6.07, 6.45) is 0. The van der Waals surface area contributed by atoms with Gasteiger partial charge in [-0.1, -0.05) is 32.9 Å². The fourth-order valence-corrected chi connectivity index (χ4v) is 2.54. The minimum absolute atomic E-state index is 0.149. The molecule has 0 saturated heterocycles. The van der Waals surface area contributed by atoms with Crippen LogP contribution in [-0.2, 0) is 12.0 Å². The Morgan fingerprint density at radius 3 is 2.54 bits per heavy atom. The Morgan fingerprint density at radius 1 is 1.12 bits per heavy atom. The summed E-state index contributed by atoms with van der Waals surface area (Å²) < 4.78 is 15.5. The lowest BCUT2D eigenvalue weighted by atomic mass is 9.96. The van der Waals surface area contributed by atoms with E-state index in [-0.39, 0.29) is 11.2 Å². The first-order valence-corrected chi connectivity index (χ1v) is 7.95. The zero-order chi connectivity index (χ0) is 17.5. The van der Waals surface area contributed by atoms with Gasteiger partial charge in [0.25, 0.3) is 0 Å². The second-order valence-corrected chi connectivity index (χ2v) is 7.17. The van der Waals surface area contributed by atoms with E-state index in [0.717, 1.165) is 22.9 Å². The number of aryl methyl sites for hydroxylation is 1. The van der Waals surface area contributed by atoms with Crippen LogP contribution in [0.25, 0.3) is 5.65 Å². The van der Waals surface area contributed by atoms with E-state index in [2.05, 4.69) is 36.1 Å². The molecule has 2 heterocycles. The van der Waals surface area contributed by atoms with Crippen molar-refractivity contribution < 1.29 is 4.39 Å². The second kappa shape index (κ2) is 5.85. The first-order valence-electron chi connectivity index (χ1n) is 7.95. The lowest BCUT2D eigenvalue weighted by Crippen LogP contribution is -2.21. The highest BCUT2D eigenvalue weighted by atomic mass is 19.1. The van der Waals surface area contributed by atoms with Crippen molar-refractivity contribution in [1.29, 1.82) is 0 Å². The first-order chi connectivity index (χ1) is 11.3. The molecule has 0 aliphatic carbocycles. The number of hydrogen-bond donors (Lipinski definition) is 0. The molecular formula is C18H22FN5. The predicted octanol–water partition coefficient (Wildman–Crippen LogP) is 3.51. The lowest BCUT2D eigenvalue weighted by Gasteiger charge is -2.20. The quantitative estimate of drug-likeness (QED) is 0.738. The zero-order valence-electron chi connectivity index (χ0n) is 14.7. The van der Waals surface area contributed by atoms with Crippen LogP contribution in [0.2, 0.25) is 0 Å². The Hall–Kier alpha value is -2.50. The Labute approximate surface area is 141 Å². The van der Waals surface area contributed by atoms with Gasteiger partial charge in [0, 0.05) is 19.0 Å². The summed E-state index contributed by atoms with van der Waals surface area (Å²) in [5, 5.41) is 13.1. The number of anilines is 1. The van der Waals surface area contributed by atoms with Gasteiger partial charge in [0.15, 0.2) is 11.5 Å². The summed E-state index contributed by atoms with van der Waals surface area (Å²) in [5.41, 5.74) is 2.13. The molecule has 3 aromatic rings. The van der Waals surface area contributed by atoms with Gasteiger partial charge in [-0.05, 0) is 36.2 Å². The topological polar surface area (TPSA) is 46.3 Å². The Balaban J connectivity index is 1.92. The molecule has 0 radical (unpaired) electrons. The van der Waals surface area contributed by atoms with Gasteiger partial charge in [0.1, 0.15) is 11.6 Å². The van der Waals surface area contributed by atoms with Crippen molar-refractivity contribution in [3.8, 4) is 0 Å². The van der Waals surface area contributed by atoms with Gasteiger partial charge in [-0.3, -0.25) is 0 Å². The molecule has 24 heavy (non-hydrogen) atoms. The van der Waals surface area contributed by atoms with Crippen molar-refractivity contribution in [2.75, 3.05) is 11.9 Å². The van der Waals surface area contributed by atoms with Crippen molar-refractivity contribution >= 4 is 11.5 Å². The van der Waals surface area contributed by atoms with Crippen LogP contribution in [0.3, 0.4) is 0 Å². The van der Waals surface area contributed by atoms with Crippen molar-refractivity contribution in [2.24, 2.45) is 0 Å². The third-order valence-electron chi connectivity index (χ3n) is 3.97. The van der Waals surface area contributed by atoms with E-state index >= 15 is 0 Å². The molecule has 0 fully saturated rings. The maximum atomic E-state index is 13.7. The number of hydrogen-bond acceptors (Lipinski definition) is 4. The van der Waals surface area contributed by atoms with Gasteiger partial charge in [-0.15, -0.1) is 15.3 Å². The maximum absolute atomic E-state index is 13.7. The molecule has 0 spiro atoms. The average Bonchev–Trinajstić information content (AvgIpc) is 2.94. The maximum Gasteiger partial charge on any atom is 0.178 e. The predicted molar refractivity (Wildman–Crippen MR) is 92.7 cm³/mol. The molecule has 0 aliphatic heterocycles. The van der Waals surface area contributed by atoms with Crippen LogP contribution in [0.1, 0.15) is 37.7 Å². The van der Waals surface area contributed by atoms with Gasteiger partial charge < -0.3 is 4.90 Å². The van der Waals surface area contributed by atoms with Crippen LogP contribution < -0.4 is 4.90 Å². The molecule has 3 rings (SSSR count). The highest BCUT2D eigenvalue weighted by Gasteiger charge is 2.22. The van der Waals surface area contributed by atoms with E-state index in [1.54, 1.807) is 23.6 Å². The Morgan fingerprint density at radius 2 is 1.88 bits per heavy atom. The molecule has 2 aromatic heterocycles. The standard InChI is InChI=1S/C18H22FN5/c1-12-6-7-13(10-14(12)19)11-23(5)16-9-8-15-20-21-17(18(2,3)4)24(15)22-16/h6-10H,11H2,1-5H3. The highest BCUT2D eigenvalue weighted by molar-refractivity contribution is 5.46. The van der Waals surface area contributed by atoms with Crippen LogP contribution in [0, 0.1) is 12.7 Å². The molecule has 6 heteroatoms. The number of benzene rings is 1. The summed E-state index contributed by atoms with van der Waals surface area (Å²) in [6.45, 7) is 8.57. The fraction of sp³-hybridized carbons (Fsp3) is 0.389. The van der Waals surface area contributed by atoms with Crippen molar-refractivity contribution in [3.63, 3.8) is 0 Å². The van der Waals surface area contributed by atoms with Gasteiger partial charge in [0.2, 0.25) is 0 Å². The Bertz CT molecular complexity index is 879. The van der Waals surface area contributed by atoms with Gasteiger partial charge in [-0.2, -0.15) is 4.52 Å². The minimum atomic E-state index is -0.182. The molecule has 0 amide bonds. The normalized spacial score (nSPS) is 11.9. The summed E-state index contributed by atoms with van der Waals surface area (Å²) in [6, 6.07) is 9.11. The van der Waals surface area contributed by atoms with Crippen molar-refractivity contribution in [1.82, 2.24) is 19.8 Å². The van der Waals surface area contributed by atoms with Crippen LogP contribution in [0.5, 0.6) is 0 Å². The Kier molecular flexibility index (Phi) is 3.99. The third-order valence-corrected chi connectivity index (χ3v) is 3.97. The first kappa shape index (κ1) is 16.4. The van der Waals surface area contributed by atoms with Crippen LogP contribution in [0.4, 0.5) is 10.2 Å². The summed E-state index contributed by atoms with van der Waals surface area (Å²) in [7, 11) is 1.94. The highest BCUT2D eigenvalue weighted by Crippen LogP contribution is 2.22. The SMILES string of the molecule is Cc1ccc(CN(C)c2ccc3nnc(C(C)(C)C)n3n2)cc1F. The van der Waals surface area contributed by atoms with E-state index in [0.29, 0.717) is 12.1 Å². The number of rotatable bonds is 3. The van der Waals surface area contributed by atoms with E-state index in [9.17, 15) is 4.39 Å². The average molecular weight is 327 g/mol. The number of fused-ring (bicyclic) bond motifs is 1. The molecular weight excluding hydrogens is 305 g/mol. The molecule has 0 aliphatic rings. The number of nitrogens with zero attached hydrogens (tertiary/aromatic N) is 5. The molecule has 0 saturated carbocycles. The lowest BCUT2D eigenvalue weighted by molar-refractivity contribution is 0.526. The smallest absolute Gasteiger partial charge is 0.178 e. The third kappa shape index (κ3) is 3.09. The largest absolute Gasteiger partial charge is 0.354 e. The van der Waals surface area contributed by atoms with Gasteiger partial charge in [-0.25, -0.2) is 4.39 Å². The zero-order valence-corrected chi connectivity index (χ0v) is 14.7. The van der Waals surface area contributed by atoms with Crippen molar-refractivity contribution in [2.45, 2.75) is 39.7 Å². The minimum Gasteiger partial charge on any atom is -0.354 e. The van der Waals surface area contributed by atoms with Crippen LogP contribution in [-0.4, -0.2) is 26.9 Å². The monoisotopic (exact) mass is 327 g/mol. The summed E-state index contributed by atoms with van der Waals surface area (Å²) in [5.74, 6) is 1.42. The van der Waals surface area contributed by atoms with E-state index in [1.165, 1.54) is 0 Å². The molecule has 0 bridgehead atoms. The summed E-state index contributed by atoms with van der Waals surface area (Å²) >= 11 is 0. The molecule has 1 aromatic carbocycles. The molecule has 0 atom stereocenters. The van der Waals surface area contributed by atoms with Gasteiger partial charge in [0.05, 0.1) is 0 Å². The molecule has 0 N–H and O–H groups in total. The molecule has 126 valence electrons. The van der Waals surface area contributed by atoms with Crippen LogP contribution in [0.15, 0.2) is 30.3 Å².